The highest BCUT2D eigenvalue weighted by Crippen LogP contribution is 2.19. The van der Waals surface area contributed by atoms with Crippen LogP contribution in [0.2, 0.25) is 0 Å². The Labute approximate surface area is 143 Å². The first-order valence-electron chi connectivity index (χ1n) is 8.85. The highest BCUT2D eigenvalue weighted by molar-refractivity contribution is 5.89. The Morgan fingerprint density at radius 3 is 2.62 bits per heavy atom. The number of amides is 1. The van der Waals surface area contributed by atoms with Crippen LogP contribution in [0.25, 0.3) is 11.3 Å². The Morgan fingerprint density at radius 2 is 1.88 bits per heavy atom. The molecule has 128 valence electrons. The summed E-state index contributed by atoms with van der Waals surface area (Å²) in [5, 5.41) is 2.90. The van der Waals surface area contributed by atoms with Gasteiger partial charge in [-0.3, -0.25) is 4.79 Å². The lowest BCUT2D eigenvalue weighted by atomic mass is 10.2. The number of rotatable bonds is 6. The highest BCUT2D eigenvalue weighted by atomic mass is 16.4. The van der Waals surface area contributed by atoms with Crippen LogP contribution >= 0.6 is 0 Å². The Balaban J connectivity index is 1.43. The molecule has 5 nitrogen and oxygen atoms in total. The molecule has 0 spiro atoms. The molecule has 0 bridgehead atoms. The number of oxazole rings is 1. The number of carbonyl (C=O) groups excluding carboxylic acids is 1. The van der Waals surface area contributed by atoms with Crippen LogP contribution < -0.4 is 5.32 Å². The zero-order chi connectivity index (χ0) is 16.6. The average molecular weight is 327 g/mol. The van der Waals surface area contributed by atoms with Crippen molar-refractivity contribution < 1.29 is 9.21 Å². The summed E-state index contributed by atoms with van der Waals surface area (Å²) < 4.78 is 5.56. The lowest BCUT2D eigenvalue weighted by Crippen LogP contribution is -2.30. The van der Waals surface area contributed by atoms with Gasteiger partial charge in [-0.05, 0) is 38.9 Å². The van der Waals surface area contributed by atoms with Crippen LogP contribution in [-0.4, -0.2) is 42.0 Å². The van der Waals surface area contributed by atoms with Crippen molar-refractivity contribution in [2.24, 2.45) is 0 Å². The van der Waals surface area contributed by atoms with E-state index in [0.717, 1.165) is 18.5 Å². The topological polar surface area (TPSA) is 58.4 Å². The van der Waals surface area contributed by atoms with E-state index in [4.69, 9.17) is 4.42 Å². The largest absolute Gasteiger partial charge is 0.432 e. The Hall–Kier alpha value is -2.14. The maximum absolute atomic E-state index is 12.1. The van der Waals surface area contributed by atoms with E-state index >= 15 is 0 Å². The maximum Gasteiger partial charge on any atom is 0.307 e. The number of nitrogens with one attached hydrogen (secondary N) is 1. The minimum absolute atomic E-state index is 0.128. The second-order valence-electron chi connectivity index (χ2n) is 6.26. The summed E-state index contributed by atoms with van der Waals surface area (Å²) >= 11 is 0. The van der Waals surface area contributed by atoms with Crippen molar-refractivity contribution in [1.82, 2.24) is 15.2 Å². The van der Waals surface area contributed by atoms with Crippen LogP contribution in [0.4, 0.5) is 0 Å². The Bertz CT molecular complexity index is 631. The predicted molar refractivity (Wildman–Crippen MR) is 93.8 cm³/mol. The molecule has 1 fully saturated rings. The van der Waals surface area contributed by atoms with Gasteiger partial charge in [-0.2, -0.15) is 0 Å². The summed E-state index contributed by atoms with van der Waals surface area (Å²) in [6.07, 6.45) is 7.84. The summed E-state index contributed by atoms with van der Waals surface area (Å²) in [4.78, 5) is 18.7. The quantitative estimate of drug-likeness (QED) is 0.827. The molecular weight excluding hydrogens is 302 g/mol. The number of nitrogens with zero attached hydrogens (tertiary/aromatic N) is 2. The third-order valence-electron chi connectivity index (χ3n) is 4.39. The zero-order valence-corrected chi connectivity index (χ0v) is 14.0. The molecule has 1 aromatic heterocycles. The van der Waals surface area contributed by atoms with E-state index in [1.54, 1.807) is 6.20 Å². The van der Waals surface area contributed by atoms with Crippen molar-refractivity contribution in [3.63, 3.8) is 0 Å². The number of carbonyl (C=O) groups is 1. The van der Waals surface area contributed by atoms with E-state index in [9.17, 15) is 4.79 Å². The molecule has 3 rings (SSSR count). The fourth-order valence-corrected chi connectivity index (χ4v) is 3.05. The maximum atomic E-state index is 12.1. The first-order chi connectivity index (χ1) is 11.8. The van der Waals surface area contributed by atoms with Crippen LogP contribution in [-0.2, 0) is 0 Å². The summed E-state index contributed by atoms with van der Waals surface area (Å²) in [6.45, 7) is 4.07. The van der Waals surface area contributed by atoms with E-state index < -0.39 is 0 Å². The van der Waals surface area contributed by atoms with Crippen LogP contribution in [0.5, 0.6) is 0 Å². The molecule has 2 aromatic rings. The molecule has 24 heavy (non-hydrogen) atoms. The third kappa shape index (κ3) is 4.68. The third-order valence-corrected chi connectivity index (χ3v) is 4.39. The standard InChI is InChI=1S/C19H25N3O2/c23-18(20-11-8-14-22-12-6-1-2-7-13-22)19-21-15-17(24-19)16-9-4-3-5-10-16/h3-5,9-10,15H,1-2,6-8,11-14H2,(H,20,23). The number of hydrogen-bond acceptors (Lipinski definition) is 4. The van der Waals surface area contributed by atoms with Crippen molar-refractivity contribution in [2.45, 2.75) is 32.1 Å². The molecule has 2 heterocycles. The molecule has 0 aliphatic carbocycles. The van der Waals surface area contributed by atoms with Crippen molar-refractivity contribution in [3.05, 3.63) is 42.4 Å². The van der Waals surface area contributed by atoms with Gasteiger partial charge in [0, 0.05) is 12.1 Å². The normalized spacial score (nSPS) is 15.8. The molecule has 1 aliphatic rings. The van der Waals surface area contributed by atoms with E-state index in [0.29, 0.717) is 12.3 Å². The van der Waals surface area contributed by atoms with Gasteiger partial charge >= 0.3 is 5.91 Å². The van der Waals surface area contributed by atoms with Crippen LogP contribution in [0.15, 0.2) is 40.9 Å². The predicted octanol–water partition coefficient (Wildman–Crippen LogP) is 3.34. The van der Waals surface area contributed by atoms with Gasteiger partial charge in [0.1, 0.15) is 0 Å². The van der Waals surface area contributed by atoms with Crippen molar-refractivity contribution in [3.8, 4) is 11.3 Å². The molecule has 1 N–H and O–H groups in total. The molecule has 0 unspecified atom stereocenters. The van der Waals surface area contributed by atoms with Gasteiger partial charge in [0.05, 0.1) is 6.20 Å². The lowest BCUT2D eigenvalue weighted by Gasteiger charge is -2.19. The molecule has 1 saturated heterocycles. The fourth-order valence-electron chi connectivity index (χ4n) is 3.05. The number of benzene rings is 1. The first kappa shape index (κ1) is 16.7. The zero-order valence-electron chi connectivity index (χ0n) is 14.0. The van der Waals surface area contributed by atoms with Gasteiger partial charge in [0.15, 0.2) is 5.76 Å². The van der Waals surface area contributed by atoms with Gasteiger partial charge in [-0.1, -0.05) is 43.2 Å². The fraction of sp³-hybridized carbons (Fsp3) is 0.474. The molecule has 1 aromatic carbocycles. The Morgan fingerprint density at radius 1 is 1.12 bits per heavy atom. The van der Waals surface area contributed by atoms with Gasteiger partial charge in [-0.15, -0.1) is 0 Å². The van der Waals surface area contributed by atoms with E-state index in [2.05, 4.69) is 15.2 Å². The molecule has 1 amide bonds. The molecule has 0 radical (unpaired) electrons. The van der Waals surface area contributed by atoms with Gasteiger partial charge < -0.3 is 14.6 Å². The van der Waals surface area contributed by atoms with E-state index in [-0.39, 0.29) is 11.8 Å². The first-order valence-corrected chi connectivity index (χ1v) is 8.85. The van der Waals surface area contributed by atoms with E-state index in [1.165, 1.54) is 38.8 Å². The number of hydrogen-bond donors (Lipinski definition) is 1. The van der Waals surface area contributed by atoms with Gasteiger partial charge in [-0.25, -0.2) is 4.98 Å². The number of aromatic nitrogens is 1. The highest BCUT2D eigenvalue weighted by Gasteiger charge is 2.14. The minimum atomic E-state index is -0.243. The summed E-state index contributed by atoms with van der Waals surface area (Å²) in [5.74, 6) is 0.502. The monoisotopic (exact) mass is 327 g/mol. The summed E-state index contributed by atoms with van der Waals surface area (Å²) in [5.41, 5.74) is 0.921. The van der Waals surface area contributed by atoms with Gasteiger partial charge in [0.2, 0.25) is 0 Å². The second-order valence-corrected chi connectivity index (χ2v) is 6.26. The SMILES string of the molecule is O=C(NCCCN1CCCCCC1)c1ncc(-c2ccccc2)o1. The van der Waals surface area contributed by atoms with Crippen LogP contribution in [0, 0.1) is 0 Å². The molecule has 1 aliphatic heterocycles. The number of likely N-dealkylation sites (tertiary alicyclic amines) is 1. The van der Waals surface area contributed by atoms with Gasteiger partial charge in [0.25, 0.3) is 5.89 Å². The minimum Gasteiger partial charge on any atom is -0.432 e. The van der Waals surface area contributed by atoms with Crippen LogP contribution in [0.1, 0.15) is 42.8 Å². The average Bonchev–Trinajstić information content (AvgIpc) is 2.97. The van der Waals surface area contributed by atoms with Crippen molar-refractivity contribution in [2.75, 3.05) is 26.2 Å². The van der Waals surface area contributed by atoms with Crippen molar-refractivity contribution >= 4 is 5.91 Å². The van der Waals surface area contributed by atoms with E-state index in [1.807, 2.05) is 30.3 Å². The molecular formula is C19H25N3O2. The Kier molecular flexibility index (Phi) is 6.01. The smallest absolute Gasteiger partial charge is 0.307 e. The molecule has 5 heteroatoms. The summed E-state index contributed by atoms with van der Waals surface area (Å²) in [6, 6.07) is 9.67. The summed E-state index contributed by atoms with van der Waals surface area (Å²) in [7, 11) is 0. The lowest BCUT2D eigenvalue weighted by molar-refractivity contribution is 0.0918. The molecule has 0 saturated carbocycles. The van der Waals surface area contributed by atoms with Crippen molar-refractivity contribution in [1.29, 1.82) is 0 Å². The van der Waals surface area contributed by atoms with Crippen LogP contribution in [0.3, 0.4) is 0 Å². The molecule has 0 atom stereocenters. The second kappa shape index (κ2) is 8.64.